The van der Waals surface area contributed by atoms with Crippen molar-refractivity contribution in [2.75, 3.05) is 11.4 Å². The number of primary sulfonamides is 1. The largest absolute Gasteiger partial charge is 0.361 e. The molecule has 3 aromatic rings. The molecule has 8 nitrogen and oxygen atoms in total. The van der Waals surface area contributed by atoms with Gasteiger partial charge in [-0.3, -0.25) is 10.1 Å². The highest BCUT2D eigenvalue weighted by Gasteiger charge is 2.27. The number of aromatic nitrogens is 1. The Morgan fingerprint density at radius 2 is 1.96 bits per heavy atom. The van der Waals surface area contributed by atoms with Crippen LogP contribution in [0.1, 0.15) is 11.3 Å². The van der Waals surface area contributed by atoms with Crippen LogP contribution in [-0.2, 0) is 23.0 Å². The number of rotatable bonds is 3. The number of aromatic amines is 1. The molecule has 26 heavy (non-hydrogen) atoms. The number of nitrogens with zero attached hydrogens (tertiary/aromatic N) is 2. The van der Waals surface area contributed by atoms with Gasteiger partial charge >= 0.3 is 0 Å². The van der Waals surface area contributed by atoms with E-state index in [0.29, 0.717) is 18.8 Å². The third kappa shape index (κ3) is 2.71. The first-order valence-electron chi connectivity index (χ1n) is 7.99. The zero-order chi connectivity index (χ0) is 18.5. The van der Waals surface area contributed by atoms with Crippen LogP contribution in [0.3, 0.4) is 0 Å². The van der Waals surface area contributed by atoms with Gasteiger partial charge in [-0.2, -0.15) is 0 Å². The zero-order valence-corrected chi connectivity index (χ0v) is 14.5. The van der Waals surface area contributed by atoms with Crippen LogP contribution in [0.4, 0.5) is 11.4 Å². The van der Waals surface area contributed by atoms with E-state index in [1.807, 2.05) is 29.2 Å². The number of fused-ring (bicyclic) bond motifs is 3. The first kappa shape index (κ1) is 16.6. The van der Waals surface area contributed by atoms with E-state index < -0.39 is 14.9 Å². The summed E-state index contributed by atoms with van der Waals surface area (Å²) in [5.74, 6) is 0. The molecular weight excluding hydrogens is 356 g/mol. The van der Waals surface area contributed by atoms with Crippen molar-refractivity contribution in [3.8, 4) is 0 Å². The lowest BCUT2D eigenvalue weighted by Gasteiger charge is -2.29. The third-order valence-electron chi connectivity index (χ3n) is 4.70. The van der Waals surface area contributed by atoms with E-state index in [9.17, 15) is 18.5 Å². The summed E-state index contributed by atoms with van der Waals surface area (Å²) in [7, 11) is -4.00. The molecule has 0 saturated carbocycles. The SMILES string of the molecule is NS(=O)(=O)c1ccc(N2CCc3[nH]c4ccccc4c3C2)c([N+](=O)[O-])c1. The van der Waals surface area contributed by atoms with E-state index in [0.717, 1.165) is 34.6 Å². The minimum Gasteiger partial charge on any atom is -0.361 e. The predicted octanol–water partition coefficient (Wildman–Crippen LogP) is 2.29. The molecule has 0 fully saturated rings. The number of para-hydroxylation sites is 1. The fraction of sp³-hybridized carbons (Fsp3) is 0.176. The number of nitro benzene ring substituents is 1. The molecule has 0 aliphatic carbocycles. The van der Waals surface area contributed by atoms with Crippen molar-refractivity contribution >= 4 is 32.3 Å². The number of nitro groups is 1. The van der Waals surface area contributed by atoms with Crippen LogP contribution in [-0.4, -0.2) is 24.9 Å². The molecule has 4 rings (SSSR count). The van der Waals surface area contributed by atoms with Crippen molar-refractivity contribution in [2.45, 2.75) is 17.9 Å². The maximum absolute atomic E-state index is 11.5. The molecule has 0 bridgehead atoms. The molecule has 0 amide bonds. The highest BCUT2D eigenvalue weighted by Crippen LogP contribution is 2.35. The topological polar surface area (TPSA) is 122 Å². The molecule has 2 aromatic carbocycles. The Kier molecular flexibility index (Phi) is 3.70. The molecule has 0 unspecified atom stereocenters. The number of nitrogens with two attached hydrogens (primary N) is 1. The molecule has 1 aliphatic rings. The molecule has 0 atom stereocenters. The molecule has 134 valence electrons. The average Bonchev–Trinajstić information content (AvgIpc) is 2.98. The minimum atomic E-state index is -4.00. The summed E-state index contributed by atoms with van der Waals surface area (Å²) in [6, 6.07) is 11.7. The Bertz CT molecular complexity index is 1140. The van der Waals surface area contributed by atoms with Gasteiger partial charge in [0.2, 0.25) is 10.0 Å². The number of anilines is 1. The molecule has 0 saturated heterocycles. The van der Waals surface area contributed by atoms with E-state index in [4.69, 9.17) is 5.14 Å². The summed E-state index contributed by atoms with van der Waals surface area (Å²) in [5.41, 5.74) is 3.40. The number of nitrogens with one attached hydrogen (secondary N) is 1. The Balaban J connectivity index is 1.78. The van der Waals surface area contributed by atoms with Crippen molar-refractivity contribution in [1.29, 1.82) is 0 Å². The maximum Gasteiger partial charge on any atom is 0.293 e. The van der Waals surface area contributed by atoms with Gasteiger partial charge in [-0.15, -0.1) is 0 Å². The summed E-state index contributed by atoms with van der Waals surface area (Å²) in [6.45, 7) is 1.10. The van der Waals surface area contributed by atoms with Crippen molar-refractivity contribution < 1.29 is 13.3 Å². The van der Waals surface area contributed by atoms with Gasteiger partial charge in [0.05, 0.1) is 9.82 Å². The standard InChI is InChI=1S/C17H16N4O4S/c18-26(24,25)11-5-6-16(17(9-11)21(22)23)20-8-7-15-13(10-20)12-3-1-2-4-14(12)19-15/h1-6,9,19H,7-8,10H2,(H2,18,24,25). The van der Waals surface area contributed by atoms with Crippen LogP contribution in [0.25, 0.3) is 10.9 Å². The van der Waals surface area contributed by atoms with Crippen molar-refractivity contribution in [3.63, 3.8) is 0 Å². The number of hydrogen-bond acceptors (Lipinski definition) is 5. The van der Waals surface area contributed by atoms with Crippen LogP contribution in [0, 0.1) is 10.1 Å². The number of sulfonamides is 1. The highest BCUT2D eigenvalue weighted by molar-refractivity contribution is 7.89. The second-order valence-corrected chi connectivity index (χ2v) is 7.81. The Morgan fingerprint density at radius 3 is 2.69 bits per heavy atom. The normalized spacial score (nSPS) is 14.4. The van der Waals surface area contributed by atoms with Gasteiger partial charge in [-0.25, -0.2) is 13.6 Å². The quantitative estimate of drug-likeness (QED) is 0.539. The van der Waals surface area contributed by atoms with Crippen LogP contribution < -0.4 is 10.0 Å². The molecule has 9 heteroatoms. The van der Waals surface area contributed by atoms with E-state index >= 15 is 0 Å². The smallest absolute Gasteiger partial charge is 0.293 e. The van der Waals surface area contributed by atoms with E-state index in [1.54, 1.807) is 0 Å². The molecule has 2 heterocycles. The van der Waals surface area contributed by atoms with Crippen molar-refractivity contribution in [3.05, 3.63) is 63.8 Å². The summed E-state index contributed by atoms with van der Waals surface area (Å²) >= 11 is 0. The van der Waals surface area contributed by atoms with Gasteiger partial charge in [0.15, 0.2) is 0 Å². The monoisotopic (exact) mass is 372 g/mol. The Morgan fingerprint density at radius 1 is 1.19 bits per heavy atom. The first-order chi connectivity index (χ1) is 12.3. The van der Waals surface area contributed by atoms with E-state index in [-0.39, 0.29) is 10.6 Å². The molecule has 1 aliphatic heterocycles. The van der Waals surface area contributed by atoms with Gasteiger partial charge in [-0.1, -0.05) is 18.2 Å². The average molecular weight is 372 g/mol. The lowest BCUT2D eigenvalue weighted by molar-refractivity contribution is -0.384. The van der Waals surface area contributed by atoms with Crippen LogP contribution in [0.15, 0.2) is 47.4 Å². The number of H-pyrrole nitrogens is 1. The van der Waals surface area contributed by atoms with Gasteiger partial charge < -0.3 is 9.88 Å². The summed E-state index contributed by atoms with van der Waals surface area (Å²) in [5, 5.41) is 17.7. The minimum absolute atomic E-state index is 0.264. The number of hydrogen-bond donors (Lipinski definition) is 2. The van der Waals surface area contributed by atoms with E-state index in [2.05, 4.69) is 4.98 Å². The fourth-order valence-electron chi connectivity index (χ4n) is 3.47. The fourth-order valence-corrected chi connectivity index (χ4v) is 4.00. The third-order valence-corrected chi connectivity index (χ3v) is 5.61. The van der Waals surface area contributed by atoms with E-state index in [1.165, 1.54) is 12.1 Å². The molecule has 3 N–H and O–H groups in total. The molecular formula is C17H16N4O4S. The van der Waals surface area contributed by atoms with Crippen LogP contribution in [0.5, 0.6) is 0 Å². The maximum atomic E-state index is 11.5. The first-order valence-corrected chi connectivity index (χ1v) is 9.54. The Labute approximate surface area is 149 Å². The lowest BCUT2D eigenvalue weighted by atomic mass is 10.0. The van der Waals surface area contributed by atoms with Gasteiger partial charge in [0.25, 0.3) is 5.69 Å². The van der Waals surface area contributed by atoms with Crippen LogP contribution >= 0.6 is 0 Å². The second-order valence-electron chi connectivity index (χ2n) is 6.25. The summed E-state index contributed by atoms with van der Waals surface area (Å²) in [6.07, 6.45) is 0.720. The summed E-state index contributed by atoms with van der Waals surface area (Å²) < 4.78 is 23.0. The van der Waals surface area contributed by atoms with Gasteiger partial charge in [0.1, 0.15) is 5.69 Å². The highest BCUT2D eigenvalue weighted by atomic mass is 32.2. The molecule has 0 spiro atoms. The zero-order valence-electron chi connectivity index (χ0n) is 13.7. The van der Waals surface area contributed by atoms with Crippen molar-refractivity contribution in [2.24, 2.45) is 5.14 Å². The lowest BCUT2D eigenvalue weighted by Crippen LogP contribution is -2.30. The van der Waals surface area contributed by atoms with Crippen molar-refractivity contribution in [1.82, 2.24) is 4.98 Å². The Hall–Kier alpha value is -2.91. The molecule has 0 radical (unpaired) electrons. The summed E-state index contributed by atoms with van der Waals surface area (Å²) in [4.78, 5) is 15.9. The number of benzene rings is 2. The second kappa shape index (κ2) is 5.82. The predicted molar refractivity (Wildman–Crippen MR) is 97.5 cm³/mol. The van der Waals surface area contributed by atoms with Gasteiger partial charge in [0, 0.05) is 47.7 Å². The van der Waals surface area contributed by atoms with Crippen LogP contribution in [0.2, 0.25) is 0 Å². The molecule has 1 aromatic heterocycles. The van der Waals surface area contributed by atoms with Gasteiger partial charge in [-0.05, 0) is 18.2 Å².